The SMILES string of the molecule is CCC(C)(C)NC(=O)Cc1cccc(C2=CN3CCN=C3C(Nc3ccc(C(=O)N4CCOCC4)cn3)=C2)c1. The summed E-state index contributed by atoms with van der Waals surface area (Å²) >= 11 is 0. The van der Waals surface area contributed by atoms with Crippen LogP contribution in [0.25, 0.3) is 5.57 Å². The molecule has 4 heterocycles. The second kappa shape index (κ2) is 11.4. The maximum absolute atomic E-state index is 12.8. The summed E-state index contributed by atoms with van der Waals surface area (Å²) in [7, 11) is 0. The Hall–Kier alpha value is -3.98. The fourth-order valence-corrected chi connectivity index (χ4v) is 4.74. The topological polar surface area (TPSA) is 99.2 Å². The molecule has 39 heavy (non-hydrogen) atoms. The fourth-order valence-electron chi connectivity index (χ4n) is 4.74. The van der Waals surface area contributed by atoms with Crippen molar-refractivity contribution in [1.29, 1.82) is 0 Å². The number of nitrogens with zero attached hydrogens (tertiary/aromatic N) is 4. The number of pyridine rings is 1. The van der Waals surface area contributed by atoms with Gasteiger partial charge < -0.3 is 25.2 Å². The summed E-state index contributed by atoms with van der Waals surface area (Å²) < 4.78 is 5.35. The van der Waals surface area contributed by atoms with Crippen molar-refractivity contribution >= 4 is 29.0 Å². The molecule has 2 aromatic rings. The number of carbonyl (C=O) groups excluding carboxylic acids is 2. The maximum atomic E-state index is 12.8. The molecule has 1 saturated heterocycles. The molecule has 2 N–H and O–H groups in total. The molecule has 5 rings (SSSR count). The molecule has 1 fully saturated rings. The first kappa shape index (κ1) is 26.6. The van der Waals surface area contributed by atoms with Gasteiger partial charge in [-0.3, -0.25) is 14.6 Å². The molecule has 9 nitrogen and oxygen atoms in total. The summed E-state index contributed by atoms with van der Waals surface area (Å²) in [5.41, 5.74) is 4.19. The van der Waals surface area contributed by atoms with Crippen molar-refractivity contribution in [1.82, 2.24) is 20.1 Å². The number of fused-ring (bicyclic) bond motifs is 1. The Labute approximate surface area is 229 Å². The van der Waals surface area contributed by atoms with E-state index in [2.05, 4.69) is 56.8 Å². The van der Waals surface area contributed by atoms with Crippen molar-refractivity contribution in [2.24, 2.45) is 4.99 Å². The number of benzene rings is 1. The van der Waals surface area contributed by atoms with Crippen LogP contribution in [0, 0.1) is 0 Å². The number of morpholine rings is 1. The number of carbonyl (C=O) groups is 2. The predicted molar refractivity (Wildman–Crippen MR) is 152 cm³/mol. The van der Waals surface area contributed by atoms with Crippen LogP contribution in [-0.2, 0) is 16.0 Å². The Bertz CT molecular complexity index is 1320. The number of rotatable bonds is 8. The fraction of sp³-hybridized carbons (Fsp3) is 0.400. The lowest BCUT2D eigenvalue weighted by Gasteiger charge is -2.27. The highest BCUT2D eigenvalue weighted by molar-refractivity contribution is 6.07. The maximum Gasteiger partial charge on any atom is 0.255 e. The lowest BCUT2D eigenvalue weighted by atomic mass is 9.98. The van der Waals surface area contributed by atoms with Crippen LogP contribution in [0.2, 0.25) is 0 Å². The number of ether oxygens (including phenoxy) is 1. The minimum absolute atomic E-state index is 0.0186. The van der Waals surface area contributed by atoms with E-state index in [-0.39, 0.29) is 17.4 Å². The van der Waals surface area contributed by atoms with E-state index in [4.69, 9.17) is 4.74 Å². The standard InChI is InChI=1S/C30H36N6O3/c1-4-30(2,3)34-27(37)17-21-6-5-7-22(16-21)24-18-25(28-31-10-11-36(28)20-24)33-26-9-8-23(19-32-26)29(38)35-12-14-39-15-13-35/h5-9,16,18-20H,4,10-15,17H2,1-3H3,(H,32,33)(H,34,37). The van der Waals surface area contributed by atoms with Gasteiger partial charge in [-0.15, -0.1) is 0 Å². The summed E-state index contributed by atoms with van der Waals surface area (Å²) in [6.45, 7) is 9.97. The van der Waals surface area contributed by atoms with E-state index in [1.807, 2.05) is 32.0 Å². The van der Waals surface area contributed by atoms with Gasteiger partial charge in [0.15, 0.2) is 5.84 Å². The number of hydrogen-bond donors (Lipinski definition) is 2. The molecule has 9 heteroatoms. The van der Waals surface area contributed by atoms with E-state index >= 15 is 0 Å². The molecular formula is C30H36N6O3. The number of anilines is 1. The normalized spacial score (nSPS) is 17.2. The minimum Gasteiger partial charge on any atom is -0.378 e. The average Bonchev–Trinajstić information content (AvgIpc) is 3.43. The number of allylic oxidation sites excluding steroid dienone is 2. The molecule has 3 aliphatic heterocycles. The quantitative estimate of drug-likeness (QED) is 0.545. The number of hydrogen-bond acceptors (Lipinski definition) is 7. The molecule has 204 valence electrons. The number of amidine groups is 1. The Morgan fingerprint density at radius 1 is 1.10 bits per heavy atom. The zero-order valence-electron chi connectivity index (χ0n) is 22.9. The van der Waals surface area contributed by atoms with Crippen LogP contribution in [0.3, 0.4) is 0 Å². The van der Waals surface area contributed by atoms with Gasteiger partial charge in [0.1, 0.15) is 5.82 Å². The number of aliphatic imine (C=N–C) groups is 1. The molecule has 0 bridgehead atoms. The molecule has 0 saturated carbocycles. The van der Waals surface area contributed by atoms with Crippen molar-refractivity contribution in [3.8, 4) is 0 Å². The van der Waals surface area contributed by atoms with E-state index < -0.39 is 0 Å². The summed E-state index contributed by atoms with van der Waals surface area (Å²) in [6.07, 6.45) is 6.98. The summed E-state index contributed by atoms with van der Waals surface area (Å²) in [6, 6.07) is 11.7. The molecular weight excluding hydrogens is 492 g/mol. The summed E-state index contributed by atoms with van der Waals surface area (Å²) in [4.78, 5) is 38.5. The highest BCUT2D eigenvalue weighted by atomic mass is 16.5. The van der Waals surface area contributed by atoms with Crippen LogP contribution in [0.5, 0.6) is 0 Å². The first-order valence-electron chi connectivity index (χ1n) is 13.6. The molecule has 0 atom stereocenters. The van der Waals surface area contributed by atoms with Gasteiger partial charge in [-0.25, -0.2) is 4.98 Å². The predicted octanol–water partition coefficient (Wildman–Crippen LogP) is 3.47. The van der Waals surface area contributed by atoms with Gasteiger partial charge in [-0.1, -0.05) is 31.2 Å². The lowest BCUT2D eigenvalue weighted by Crippen LogP contribution is -2.43. The third-order valence-corrected chi connectivity index (χ3v) is 7.27. The van der Waals surface area contributed by atoms with Crippen LogP contribution < -0.4 is 10.6 Å². The Kier molecular flexibility index (Phi) is 7.79. The Balaban J connectivity index is 1.32. The Morgan fingerprint density at radius 2 is 1.92 bits per heavy atom. The molecule has 0 radical (unpaired) electrons. The molecule has 1 aromatic heterocycles. The second-order valence-electron chi connectivity index (χ2n) is 10.7. The monoisotopic (exact) mass is 528 g/mol. The molecule has 3 aliphatic rings. The number of aromatic nitrogens is 1. The lowest BCUT2D eigenvalue weighted by molar-refractivity contribution is -0.122. The van der Waals surface area contributed by atoms with Gasteiger partial charge in [0.25, 0.3) is 5.91 Å². The first-order chi connectivity index (χ1) is 18.8. The van der Waals surface area contributed by atoms with E-state index in [1.165, 1.54) is 0 Å². The van der Waals surface area contributed by atoms with Gasteiger partial charge in [0.2, 0.25) is 5.91 Å². The third-order valence-electron chi connectivity index (χ3n) is 7.27. The summed E-state index contributed by atoms with van der Waals surface area (Å²) in [5.74, 6) is 1.49. The van der Waals surface area contributed by atoms with Crippen molar-refractivity contribution in [3.63, 3.8) is 0 Å². The van der Waals surface area contributed by atoms with E-state index in [0.717, 1.165) is 41.2 Å². The molecule has 2 amide bonds. The van der Waals surface area contributed by atoms with Gasteiger partial charge in [-0.2, -0.15) is 0 Å². The highest BCUT2D eigenvalue weighted by Crippen LogP contribution is 2.28. The average molecular weight is 529 g/mol. The van der Waals surface area contributed by atoms with E-state index in [1.54, 1.807) is 17.2 Å². The largest absolute Gasteiger partial charge is 0.378 e. The molecule has 1 aromatic carbocycles. The van der Waals surface area contributed by atoms with Crippen LogP contribution in [0.15, 0.2) is 65.6 Å². The molecule has 0 unspecified atom stereocenters. The van der Waals surface area contributed by atoms with Crippen molar-refractivity contribution in [2.75, 3.05) is 44.7 Å². The zero-order valence-corrected chi connectivity index (χ0v) is 22.9. The highest BCUT2D eigenvalue weighted by Gasteiger charge is 2.25. The molecule has 0 aliphatic carbocycles. The Morgan fingerprint density at radius 3 is 2.67 bits per heavy atom. The van der Waals surface area contributed by atoms with Crippen LogP contribution in [-0.4, -0.2) is 77.4 Å². The minimum atomic E-state index is -0.225. The molecule has 0 spiro atoms. The van der Waals surface area contributed by atoms with Crippen molar-refractivity contribution < 1.29 is 14.3 Å². The first-order valence-corrected chi connectivity index (χ1v) is 13.6. The van der Waals surface area contributed by atoms with Crippen LogP contribution in [0.4, 0.5) is 5.82 Å². The third kappa shape index (κ3) is 6.37. The number of amides is 2. The smallest absolute Gasteiger partial charge is 0.255 e. The van der Waals surface area contributed by atoms with Crippen molar-refractivity contribution in [2.45, 2.75) is 39.2 Å². The van der Waals surface area contributed by atoms with Crippen LogP contribution >= 0.6 is 0 Å². The van der Waals surface area contributed by atoms with Crippen molar-refractivity contribution in [3.05, 3.63) is 77.3 Å². The van der Waals surface area contributed by atoms with Gasteiger partial charge >= 0.3 is 0 Å². The zero-order chi connectivity index (χ0) is 27.4. The van der Waals surface area contributed by atoms with Gasteiger partial charge in [0, 0.05) is 43.1 Å². The number of nitrogens with one attached hydrogen (secondary N) is 2. The van der Waals surface area contributed by atoms with Crippen LogP contribution in [0.1, 0.15) is 48.7 Å². The summed E-state index contributed by atoms with van der Waals surface area (Å²) in [5, 5.41) is 6.52. The van der Waals surface area contributed by atoms with Gasteiger partial charge in [0.05, 0.1) is 37.4 Å². The van der Waals surface area contributed by atoms with E-state index in [0.29, 0.717) is 50.7 Å². The second-order valence-corrected chi connectivity index (χ2v) is 10.7. The van der Waals surface area contributed by atoms with Gasteiger partial charge in [-0.05, 0) is 49.6 Å². The van der Waals surface area contributed by atoms with E-state index in [9.17, 15) is 9.59 Å².